The summed E-state index contributed by atoms with van der Waals surface area (Å²) >= 11 is 0. The summed E-state index contributed by atoms with van der Waals surface area (Å²) in [5, 5.41) is 0. The smallest absolute Gasteiger partial charge is 0.183 e. The van der Waals surface area contributed by atoms with Gasteiger partial charge in [0.2, 0.25) is 0 Å². The Balaban J connectivity index is 1.58. The molecule has 0 N–H and O–H groups in total. The predicted molar refractivity (Wildman–Crippen MR) is 138 cm³/mol. The largest absolute Gasteiger partial charge is 0.489 e. The monoisotopic (exact) mass is 456 g/mol. The quantitative estimate of drug-likeness (QED) is 0.207. The van der Waals surface area contributed by atoms with Crippen LogP contribution in [0.25, 0.3) is 0 Å². The topological polar surface area (TPSA) is 27.7 Å². The van der Waals surface area contributed by atoms with E-state index >= 15 is 0 Å². The Kier molecular flexibility index (Phi) is 11.8. The van der Waals surface area contributed by atoms with Crippen LogP contribution in [0, 0.1) is 11.8 Å². The van der Waals surface area contributed by atoms with Gasteiger partial charge in [-0.05, 0) is 61.6 Å². The molecule has 33 heavy (non-hydrogen) atoms. The lowest BCUT2D eigenvalue weighted by atomic mass is 9.76. The molecule has 3 rings (SSSR count). The van der Waals surface area contributed by atoms with E-state index in [4.69, 9.17) is 14.2 Å². The molecule has 0 unspecified atom stereocenters. The molecule has 186 valence electrons. The van der Waals surface area contributed by atoms with Crippen LogP contribution in [-0.4, -0.2) is 19.8 Å². The van der Waals surface area contributed by atoms with E-state index in [0.29, 0.717) is 18.4 Å². The highest BCUT2D eigenvalue weighted by molar-refractivity contribution is 5.40. The number of rotatable bonds is 14. The minimum Gasteiger partial charge on any atom is -0.489 e. The van der Waals surface area contributed by atoms with Gasteiger partial charge in [0.05, 0.1) is 13.2 Å². The van der Waals surface area contributed by atoms with E-state index < -0.39 is 0 Å². The molecule has 1 aliphatic carbocycles. The highest BCUT2D eigenvalue weighted by Crippen LogP contribution is 2.42. The van der Waals surface area contributed by atoms with Gasteiger partial charge in [-0.2, -0.15) is 0 Å². The molecule has 3 nitrogen and oxygen atoms in total. The van der Waals surface area contributed by atoms with Crippen molar-refractivity contribution in [2.45, 2.75) is 110 Å². The molecule has 3 heteroatoms. The van der Waals surface area contributed by atoms with Gasteiger partial charge in [-0.25, -0.2) is 0 Å². The molecule has 0 atom stereocenters. The zero-order valence-electron chi connectivity index (χ0n) is 21.4. The summed E-state index contributed by atoms with van der Waals surface area (Å²) in [4.78, 5) is 0. The third kappa shape index (κ3) is 8.44. The third-order valence-electron chi connectivity index (χ3n) is 7.60. The first-order valence-corrected chi connectivity index (χ1v) is 13.9. The van der Waals surface area contributed by atoms with E-state index in [-0.39, 0.29) is 6.29 Å². The maximum Gasteiger partial charge on any atom is 0.183 e. The molecular formula is C30H48O3. The van der Waals surface area contributed by atoms with Crippen LogP contribution < -0.4 is 4.74 Å². The van der Waals surface area contributed by atoms with E-state index in [1.165, 1.54) is 89.0 Å². The molecule has 1 heterocycles. The number of benzene rings is 1. The van der Waals surface area contributed by atoms with Crippen molar-refractivity contribution >= 4 is 0 Å². The summed E-state index contributed by atoms with van der Waals surface area (Å²) in [6.45, 7) is 10.6. The Labute approximate surface area is 203 Å². The standard InChI is InChI=1S/C30H48O3/c1-4-7-9-11-13-25-22-32-30(33-23-25)27-18-19-29(31-20-6-3)28(21-27)26-16-14-24(15-17-26)12-10-8-5-2/h6,18-19,21,24-26,30H,3-5,7-17,20,22-23H2,1-2H3. The Morgan fingerprint density at radius 3 is 2.24 bits per heavy atom. The summed E-state index contributed by atoms with van der Waals surface area (Å²) in [6.07, 6.45) is 18.7. The number of unbranched alkanes of at least 4 members (excludes halogenated alkanes) is 5. The summed E-state index contributed by atoms with van der Waals surface area (Å²) < 4.78 is 18.4. The van der Waals surface area contributed by atoms with E-state index in [0.717, 1.165) is 30.4 Å². The molecule has 0 bridgehead atoms. The van der Waals surface area contributed by atoms with Gasteiger partial charge in [0.25, 0.3) is 0 Å². The fraction of sp³-hybridized carbons (Fsp3) is 0.733. The molecule has 2 aliphatic rings. The zero-order chi connectivity index (χ0) is 23.3. The minimum atomic E-state index is -0.241. The van der Waals surface area contributed by atoms with Gasteiger partial charge in [-0.1, -0.05) is 83.9 Å². The molecule has 1 saturated heterocycles. The van der Waals surface area contributed by atoms with Crippen molar-refractivity contribution in [2.75, 3.05) is 19.8 Å². The minimum absolute atomic E-state index is 0.241. The van der Waals surface area contributed by atoms with E-state index in [1.807, 2.05) is 6.08 Å². The molecule has 1 aromatic carbocycles. The van der Waals surface area contributed by atoms with Gasteiger partial charge >= 0.3 is 0 Å². The third-order valence-corrected chi connectivity index (χ3v) is 7.60. The van der Waals surface area contributed by atoms with Crippen molar-refractivity contribution in [3.63, 3.8) is 0 Å². The second-order valence-corrected chi connectivity index (χ2v) is 10.3. The van der Waals surface area contributed by atoms with Gasteiger partial charge in [0, 0.05) is 11.5 Å². The van der Waals surface area contributed by atoms with E-state index in [1.54, 1.807) is 0 Å². The highest BCUT2D eigenvalue weighted by atomic mass is 16.7. The van der Waals surface area contributed by atoms with Crippen LogP contribution >= 0.6 is 0 Å². The first-order chi connectivity index (χ1) is 16.2. The maximum absolute atomic E-state index is 6.19. The molecule has 2 fully saturated rings. The number of ether oxygens (including phenoxy) is 3. The van der Waals surface area contributed by atoms with Gasteiger partial charge in [0.1, 0.15) is 12.4 Å². The Bertz CT molecular complexity index is 669. The average Bonchev–Trinajstić information content (AvgIpc) is 2.86. The van der Waals surface area contributed by atoms with Crippen molar-refractivity contribution in [1.82, 2.24) is 0 Å². The van der Waals surface area contributed by atoms with Gasteiger partial charge in [-0.3, -0.25) is 0 Å². The molecule has 1 aliphatic heterocycles. The van der Waals surface area contributed by atoms with Crippen LogP contribution in [0.3, 0.4) is 0 Å². The van der Waals surface area contributed by atoms with Gasteiger partial charge in [0.15, 0.2) is 6.29 Å². The first kappa shape index (κ1) is 26.3. The molecule has 0 spiro atoms. The van der Waals surface area contributed by atoms with Crippen molar-refractivity contribution < 1.29 is 14.2 Å². The van der Waals surface area contributed by atoms with Crippen molar-refractivity contribution in [3.05, 3.63) is 42.0 Å². The van der Waals surface area contributed by atoms with Crippen LogP contribution in [-0.2, 0) is 9.47 Å². The SMILES string of the molecule is C=CCOc1ccc(C2OCC(CCCCCC)CO2)cc1C1CCC(CCCCC)CC1. The lowest BCUT2D eigenvalue weighted by Gasteiger charge is -2.32. The molecule has 0 radical (unpaired) electrons. The maximum atomic E-state index is 6.19. The summed E-state index contributed by atoms with van der Waals surface area (Å²) in [5.41, 5.74) is 2.49. The molecule has 1 saturated carbocycles. The van der Waals surface area contributed by atoms with Crippen molar-refractivity contribution in [2.24, 2.45) is 11.8 Å². The Morgan fingerprint density at radius 2 is 1.55 bits per heavy atom. The van der Waals surface area contributed by atoms with Crippen LogP contribution in [0.15, 0.2) is 30.9 Å². The Hall–Kier alpha value is -1.32. The number of hydrogen-bond acceptors (Lipinski definition) is 3. The first-order valence-electron chi connectivity index (χ1n) is 13.9. The van der Waals surface area contributed by atoms with Crippen molar-refractivity contribution in [3.8, 4) is 5.75 Å². The number of hydrogen-bond donors (Lipinski definition) is 0. The Morgan fingerprint density at radius 1 is 0.879 bits per heavy atom. The van der Waals surface area contributed by atoms with Gasteiger partial charge in [-0.15, -0.1) is 0 Å². The summed E-state index contributed by atoms with van der Waals surface area (Å²) in [6, 6.07) is 6.57. The summed E-state index contributed by atoms with van der Waals surface area (Å²) in [7, 11) is 0. The second-order valence-electron chi connectivity index (χ2n) is 10.3. The van der Waals surface area contributed by atoms with Crippen LogP contribution in [0.4, 0.5) is 0 Å². The normalized spacial score (nSPS) is 25.6. The lowest BCUT2D eigenvalue weighted by Crippen LogP contribution is -2.27. The van der Waals surface area contributed by atoms with E-state index in [9.17, 15) is 0 Å². The fourth-order valence-corrected chi connectivity index (χ4v) is 5.52. The van der Waals surface area contributed by atoms with E-state index in [2.05, 4.69) is 38.6 Å². The molecule has 0 amide bonds. The average molecular weight is 457 g/mol. The van der Waals surface area contributed by atoms with Crippen LogP contribution in [0.2, 0.25) is 0 Å². The molecular weight excluding hydrogens is 408 g/mol. The molecule has 0 aromatic heterocycles. The van der Waals surface area contributed by atoms with Crippen LogP contribution in [0.5, 0.6) is 5.75 Å². The fourth-order valence-electron chi connectivity index (χ4n) is 5.52. The molecule has 1 aromatic rings. The lowest BCUT2D eigenvalue weighted by molar-refractivity contribution is -0.206. The van der Waals surface area contributed by atoms with Crippen molar-refractivity contribution in [1.29, 1.82) is 0 Å². The van der Waals surface area contributed by atoms with Crippen LogP contribution in [0.1, 0.15) is 121 Å². The van der Waals surface area contributed by atoms with Gasteiger partial charge < -0.3 is 14.2 Å². The zero-order valence-corrected chi connectivity index (χ0v) is 21.4. The highest BCUT2D eigenvalue weighted by Gasteiger charge is 2.28. The summed E-state index contributed by atoms with van der Waals surface area (Å²) in [5.74, 6) is 3.03. The predicted octanol–water partition coefficient (Wildman–Crippen LogP) is 8.74. The second kappa shape index (κ2) is 14.8.